The third-order valence-corrected chi connectivity index (χ3v) is 2.38. The zero-order valence-electron chi connectivity index (χ0n) is 7.13. The van der Waals surface area contributed by atoms with Crippen molar-refractivity contribution in [3.63, 3.8) is 0 Å². The third-order valence-electron chi connectivity index (χ3n) is 2.38. The third kappa shape index (κ3) is 2.31. The van der Waals surface area contributed by atoms with Crippen LogP contribution in [-0.4, -0.2) is 30.6 Å². The van der Waals surface area contributed by atoms with Crippen LogP contribution in [0.3, 0.4) is 0 Å². The van der Waals surface area contributed by atoms with Crippen molar-refractivity contribution in [2.75, 3.05) is 19.6 Å². The summed E-state index contributed by atoms with van der Waals surface area (Å²) < 4.78 is 0. The maximum atomic E-state index is 5.65. The molecule has 0 radical (unpaired) electrons. The molecule has 2 N–H and O–H groups in total. The smallest absolute Gasteiger partial charge is 0.0221 e. The Labute approximate surface area is 69.1 Å². The number of hydrogen-bond donors (Lipinski definition) is 1. The quantitative estimate of drug-likeness (QED) is 0.614. The summed E-state index contributed by atoms with van der Waals surface area (Å²) in [6.45, 7) is 6.74. The molecule has 0 aliphatic carbocycles. The van der Waals surface area contributed by atoms with E-state index in [0.717, 1.165) is 13.1 Å². The Morgan fingerprint density at radius 3 is 3.00 bits per heavy atom. The molecule has 1 aliphatic rings. The standard InChI is InChI=1S/C9H18N2/c1-2-6-11-7-4-3-5-9(11)8-10/h2,9H,1,3-8,10H2/t9-/m0/s1. The van der Waals surface area contributed by atoms with Crippen molar-refractivity contribution < 1.29 is 0 Å². The van der Waals surface area contributed by atoms with Gasteiger partial charge in [0.15, 0.2) is 0 Å². The van der Waals surface area contributed by atoms with E-state index in [2.05, 4.69) is 11.5 Å². The second-order valence-electron chi connectivity index (χ2n) is 3.17. The largest absolute Gasteiger partial charge is 0.329 e. The number of hydrogen-bond acceptors (Lipinski definition) is 2. The van der Waals surface area contributed by atoms with Gasteiger partial charge in [-0.25, -0.2) is 0 Å². The summed E-state index contributed by atoms with van der Waals surface area (Å²) in [5.41, 5.74) is 5.65. The molecule has 0 amide bonds. The molecule has 0 unspecified atom stereocenters. The van der Waals surface area contributed by atoms with E-state index < -0.39 is 0 Å². The molecule has 1 heterocycles. The molecule has 64 valence electrons. The van der Waals surface area contributed by atoms with E-state index in [4.69, 9.17) is 5.73 Å². The van der Waals surface area contributed by atoms with Crippen LogP contribution in [0, 0.1) is 0 Å². The molecule has 2 nitrogen and oxygen atoms in total. The van der Waals surface area contributed by atoms with Crippen LogP contribution in [0.25, 0.3) is 0 Å². The van der Waals surface area contributed by atoms with E-state index in [9.17, 15) is 0 Å². The average Bonchev–Trinajstić information content (AvgIpc) is 2.06. The van der Waals surface area contributed by atoms with Crippen LogP contribution in [0.4, 0.5) is 0 Å². The minimum absolute atomic E-state index is 0.613. The summed E-state index contributed by atoms with van der Waals surface area (Å²) in [6, 6.07) is 0.613. The predicted octanol–water partition coefficient (Wildman–Crippen LogP) is 0.986. The van der Waals surface area contributed by atoms with Crippen LogP contribution in [0.5, 0.6) is 0 Å². The Morgan fingerprint density at radius 2 is 2.36 bits per heavy atom. The zero-order valence-corrected chi connectivity index (χ0v) is 7.13. The van der Waals surface area contributed by atoms with E-state index >= 15 is 0 Å². The first kappa shape index (κ1) is 8.75. The Hall–Kier alpha value is -0.340. The summed E-state index contributed by atoms with van der Waals surface area (Å²) in [5.74, 6) is 0. The lowest BCUT2D eigenvalue weighted by atomic mass is 10.0. The van der Waals surface area contributed by atoms with Crippen LogP contribution < -0.4 is 5.73 Å². The van der Waals surface area contributed by atoms with Gasteiger partial charge in [-0.15, -0.1) is 6.58 Å². The van der Waals surface area contributed by atoms with Gasteiger partial charge in [-0.2, -0.15) is 0 Å². The molecule has 2 heteroatoms. The lowest BCUT2D eigenvalue weighted by Crippen LogP contribution is -2.43. The van der Waals surface area contributed by atoms with Crippen LogP contribution in [0.1, 0.15) is 19.3 Å². The summed E-state index contributed by atoms with van der Waals surface area (Å²) >= 11 is 0. The Kier molecular flexibility index (Phi) is 3.60. The van der Waals surface area contributed by atoms with Crippen molar-refractivity contribution in [2.24, 2.45) is 5.73 Å². The van der Waals surface area contributed by atoms with Gasteiger partial charge in [-0.05, 0) is 19.4 Å². The number of likely N-dealkylation sites (tertiary alicyclic amines) is 1. The molecular weight excluding hydrogens is 136 g/mol. The number of nitrogens with two attached hydrogens (primary N) is 1. The lowest BCUT2D eigenvalue weighted by Gasteiger charge is -2.33. The van der Waals surface area contributed by atoms with E-state index in [1.54, 1.807) is 0 Å². The van der Waals surface area contributed by atoms with Crippen molar-refractivity contribution in [3.05, 3.63) is 12.7 Å². The van der Waals surface area contributed by atoms with Gasteiger partial charge in [0.2, 0.25) is 0 Å². The molecule has 0 aromatic heterocycles. The molecule has 1 fully saturated rings. The van der Waals surface area contributed by atoms with E-state index in [1.807, 2.05) is 6.08 Å². The fourth-order valence-corrected chi connectivity index (χ4v) is 1.73. The van der Waals surface area contributed by atoms with E-state index in [0.29, 0.717) is 6.04 Å². The first-order valence-corrected chi connectivity index (χ1v) is 4.43. The van der Waals surface area contributed by atoms with Crippen LogP contribution in [-0.2, 0) is 0 Å². The summed E-state index contributed by atoms with van der Waals surface area (Å²) in [7, 11) is 0. The van der Waals surface area contributed by atoms with Crippen molar-refractivity contribution in [3.8, 4) is 0 Å². The van der Waals surface area contributed by atoms with Gasteiger partial charge in [0.25, 0.3) is 0 Å². The highest BCUT2D eigenvalue weighted by atomic mass is 15.2. The second-order valence-corrected chi connectivity index (χ2v) is 3.17. The Morgan fingerprint density at radius 1 is 1.55 bits per heavy atom. The highest BCUT2D eigenvalue weighted by Crippen LogP contribution is 2.15. The van der Waals surface area contributed by atoms with Crippen molar-refractivity contribution in [2.45, 2.75) is 25.3 Å². The molecule has 11 heavy (non-hydrogen) atoms. The fourth-order valence-electron chi connectivity index (χ4n) is 1.73. The molecule has 1 aliphatic heterocycles. The summed E-state index contributed by atoms with van der Waals surface area (Å²) in [6.07, 6.45) is 5.90. The molecule has 1 saturated heterocycles. The monoisotopic (exact) mass is 154 g/mol. The van der Waals surface area contributed by atoms with Gasteiger partial charge in [-0.1, -0.05) is 12.5 Å². The first-order chi connectivity index (χ1) is 5.38. The molecule has 0 bridgehead atoms. The highest BCUT2D eigenvalue weighted by Gasteiger charge is 2.18. The van der Waals surface area contributed by atoms with Gasteiger partial charge >= 0.3 is 0 Å². The molecule has 0 saturated carbocycles. The van der Waals surface area contributed by atoms with Crippen LogP contribution in [0.2, 0.25) is 0 Å². The fraction of sp³-hybridized carbons (Fsp3) is 0.778. The van der Waals surface area contributed by atoms with E-state index in [1.165, 1.54) is 25.8 Å². The van der Waals surface area contributed by atoms with Gasteiger partial charge in [-0.3, -0.25) is 4.90 Å². The molecule has 1 rings (SSSR count). The maximum absolute atomic E-state index is 5.65. The van der Waals surface area contributed by atoms with Crippen molar-refractivity contribution in [1.29, 1.82) is 0 Å². The average molecular weight is 154 g/mol. The maximum Gasteiger partial charge on any atom is 0.0221 e. The molecule has 0 aromatic rings. The normalized spacial score (nSPS) is 26.8. The topological polar surface area (TPSA) is 29.3 Å². The summed E-state index contributed by atoms with van der Waals surface area (Å²) in [5, 5.41) is 0. The SMILES string of the molecule is C=CCN1CCCC[C@H]1CN. The predicted molar refractivity (Wildman–Crippen MR) is 48.5 cm³/mol. The second kappa shape index (κ2) is 4.52. The Balaban J connectivity index is 2.37. The van der Waals surface area contributed by atoms with Crippen LogP contribution >= 0.6 is 0 Å². The van der Waals surface area contributed by atoms with Gasteiger partial charge in [0.05, 0.1) is 0 Å². The Bertz CT molecular complexity index is 123. The highest BCUT2D eigenvalue weighted by molar-refractivity contribution is 4.82. The van der Waals surface area contributed by atoms with Gasteiger partial charge in [0.1, 0.15) is 0 Å². The van der Waals surface area contributed by atoms with Gasteiger partial charge in [0, 0.05) is 19.1 Å². The molecular formula is C9H18N2. The number of piperidine rings is 1. The number of nitrogens with zero attached hydrogens (tertiary/aromatic N) is 1. The zero-order chi connectivity index (χ0) is 8.10. The molecule has 0 aromatic carbocycles. The minimum atomic E-state index is 0.613. The molecule has 1 atom stereocenters. The van der Waals surface area contributed by atoms with Gasteiger partial charge < -0.3 is 5.73 Å². The summed E-state index contributed by atoms with van der Waals surface area (Å²) in [4.78, 5) is 2.43. The molecule has 0 spiro atoms. The van der Waals surface area contributed by atoms with Crippen LogP contribution in [0.15, 0.2) is 12.7 Å². The number of rotatable bonds is 3. The minimum Gasteiger partial charge on any atom is -0.329 e. The van der Waals surface area contributed by atoms with Crippen molar-refractivity contribution >= 4 is 0 Å². The van der Waals surface area contributed by atoms with Crippen molar-refractivity contribution in [1.82, 2.24) is 4.90 Å². The first-order valence-electron chi connectivity index (χ1n) is 4.43. The van der Waals surface area contributed by atoms with E-state index in [-0.39, 0.29) is 0 Å². The lowest BCUT2D eigenvalue weighted by molar-refractivity contribution is 0.170.